The second-order valence-corrected chi connectivity index (χ2v) is 7.63. The maximum absolute atomic E-state index is 11.6. The van der Waals surface area contributed by atoms with Gasteiger partial charge in [0.25, 0.3) is 0 Å². The molecule has 1 aliphatic rings. The highest BCUT2D eigenvalue weighted by Crippen LogP contribution is 2.41. The van der Waals surface area contributed by atoms with Crippen LogP contribution in [0.2, 0.25) is 0 Å². The van der Waals surface area contributed by atoms with Crippen molar-refractivity contribution < 1.29 is 19.4 Å². The van der Waals surface area contributed by atoms with Crippen LogP contribution in [0.1, 0.15) is 30.0 Å². The zero-order chi connectivity index (χ0) is 19.4. The molecule has 2 aromatic rings. The SMILES string of the molecule is COc1cccc(C(c2cccc(Br)c2)N2CCCC(C(=O)O)C2)c1OC. The van der Waals surface area contributed by atoms with Gasteiger partial charge in [-0.25, -0.2) is 0 Å². The number of methoxy groups -OCH3 is 2. The number of likely N-dealkylation sites (tertiary alicyclic amines) is 1. The van der Waals surface area contributed by atoms with Gasteiger partial charge in [0.2, 0.25) is 0 Å². The first-order chi connectivity index (χ1) is 13.0. The fourth-order valence-corrected chi connectivity index (χ4v) is 4.25. The molecule has 1 saturated heterocycles. The van der Waals surface area contributed by atoms with E-state index < -0.39 is 5.97 Å². The standard InChI is InChI=1S/C21H24BrNO4/c1-26-18-10-4-9-17(20(18)27-2)19(14-6-3-8-16(22)12-14)23-11-5-7-15(13-23)21(24)25/h3-4,6,8-10,12,15,19H,5,7,11,13H2,1-2H3,(H,24,25). The summed E-state index contributed by atoms with van der Waals surface area (Å²) in [6.45, 7) is 1.34. The third-order valence-electron chi connectivity index (χ3n) is 5.06. The van der Waals surface area contributed by atoms with E-state index in [9.17, 15) is 9.90 Å². The first-order valence-electron chi connectivity index (χ1n) is 8.98. The van der Waals surface area contributed by atoms with Crippen molar-refractivity contribution in [2.75, 3.05) is 27.3 Å². The summed E-state index contributed by atoms with van der Waals surface area (Å²) in [5, 5.41) is 9.53. The molecule has 27 heavy (non-hydrogen) atoms. The number of carboxylic acids is 1. The smallest absolute Gasteiger partial charge is 0.307 e. The van der Waals surface area contributed by atoms with Gasteiger partial charge in [-0.15, -0.1) is 0 Å². The minimum atomic E-state index is -0.731. The Bertz CT molecular complexity index is 811. The molecule has 2 aromatic carbocycles. The van der Waals surface area contributed by atoms with Crippen molar-refractivity contribution in [1.29, 1.82) is 0 Å². The van der Waals surface area contributed by atoms with Crippen LogP contribution in [0.15, 0.2) is 46.9 Å². The Hall–Kier alpha value is -2.05. The van der Waals surface area contributed by atoms with Gasteiger partial charge in [0.1, 0.15) is 0 Å². The van der Waals surface area contributed by atoms with Gasteiger partial charge in [0.05, 0.1) is 26.2 Å². The van der Waals surface area contributed by atoms with Gasteiger partial charge in [-0.05, 0) is 43.1 Å². The number of aliphatic carboxylic acids is 1. The molecule has 0 saturated carbocycles. The van der Waals surface area contributed by atoms with Gasteiger partial charge < -0.3 is 14.6 Å². The Morgan fingerprint density at radius 3 is 2.67 bits per heavy atom. The van der Waals surface area contributed by atoms with E-state index in [0.29, 0.717) is 24.5 Å². The van der Waals surface area contributed by atoms with Crippen LogP contribution in [0.5, 0.6) is 11.5 Å². The van der Waals surface area contributed by atoms with E-state index >= 15 is 0 Å². The average molecular weight is 434 g/mol. The largest absolute Gasteiger partial charge is 0.493 e. The van der Waals surface area contributed by atoms with Gasteiger partial charge in [-0.1, -0.05) is 40.2 Å². The van der Waals surface area contributed by atoms with Crippen LogP contribution < -0.4 is 9.47 Å². The lowest BCUT2D eigenvalue weighted by molar-refractivity contribution is -0.143. The highest BCUT2D eigenvalue weighted by molar-refractivity contribution is 9.10. The molecule has 2 unspecified atom stereocenters. The number of benzene rings is 2. The maximum atomic E-state index is 11.6. The summed E-state index contributed by atoms with van der Waals surface area (Å²) >= 11 is 3.56. The topological polar surface area (TPSA) is 59.0 Å². The summed E-state index contributed by atoms with van der Waals surface area (Å²) in [5.41, 5.74) is 2.06. The van der Waals surface area contributed by atoms with Crippen molar-refractivity contribution in [3.05, 3.63) is 58.1 Å². The van der Waals surface area contributed by atoms with E-state index in [0.717, 1.165) is 28.6 Å². The minimum Gasteiger partial charge on any atom is -0.493 e. The highest BCUT2D eigenvalue weighted by Gasteiger charge is 2.33. The molecule has 6 heteroatoms. The molecule has 144 valence electrons. The van der Waals surface area contributed by atoms with E-state index in [4.69, 9.17) is 9.47 Å². The quantitative estimate of drug-likeness (QED) is 0.733. The number of hydrogen-bond acceptors (Lipinski definition) is 4. The molecule has 1 N–H and O–H groups in total. The van der Waals surface area contributed by atoms with Gasteiger partial charge in [0.15, 0.2) is 11.5 Å². The predicted octanol–water partition coefficient (Wildman–Crippen LogP) is 4.35. The fraction of sp³-hybridized carbons (Fsp3) is 0.381. The number of ether oxygens (including phenoxy) is 2. The Morgan fingerprint density at radius 2 is 2.00 bits per heavy atom. The third kappa shape index (κ3) is 4.28. The minimum absolute atomic E-state index is 0.116. The van der Waals surface area contributed by atoms with Crippen LogP contribution >= 0.6 is 15.9 Å². The van der Waals surface area contributed by atoms with E-state index in [2.05, 4.69) is 33.0 Å². The van der Waals surface area contributed by atoms with E-state index in [1.807, 2.05) is 30.3 Å². The van der Waals surface area contributed by atoms with E-state index in [-0.39, 0.29) is 12.0 Å². The van der Waals surface area contributed by atoms with Crippen molar-refractivity contribution in [2.45, 2.75) is 18.9 Å². The van der Waals surface area contributed by atoms with Crippen molar-refractivity contribution >= 4 is 21.9 Å². The average Bonchev–Trinajstić information content (AvgIpc) is 2.68. The van der Waals surface area contributed by atoms with Gasteiger partial charge >= 0.3 is 5.97 Å². The van der Waals surface area contributed by atoms with Crippen LogP contribution in [0.3, 0.4) is 0 Å². The molecule has 0 amide bonds. The molecule has 1 fully saturated rings. The van der Waals surface area contributed by atoms with Crippen LogP contribution in [-0.2, 0) is 4.79 Å². The Labute approximate surface area is 168 Å². The summed E-state index contributed by atoms with van der Waals surface area (Å²) in [6, 6.07) is 13.9. The number of piperidine rings is 1. The molecular weight excluding hydrogens is 410 g/mol. The first kappa shape index (κ1) is 19.7. The van der Waals surface area contributed by atoms with E-state index in [1.54, 1.807) is 14.2 Å². The van der Waals surface area contributed by atoms with Gasteiger partial charge in [0, 0.05) is 16.6 Å². The van der Waals surface area contributed by atoms with Crippen LogP contribution in [0.25, 0.3) is 0 Å². The summed E-state index contributed by atoms with van der Waals surface area (Å²) in [5.74, 6) is 0.263. The first-order valence-corrected chi connectivity index (χ1v) is 9.77. The summed E-state index contributed by atoms with van der Waals surface area (Å²) in [4.78, 5) is 13.8. The number of rotatable bonds is 6. The van der Waals surface area contributed by atoms with Gasteiger partial charge in [-0.2, -0.15) is 0 Å². The third-order valence-corrected chi connectivity index (χ3v) is 5.55. The summed E-state index contributed by atoms with van der Waals surface area (Å²) in [6.07, 6.45) is 1.57. The van der Waals surface area contributed by atoms with Crippen molar-refractivity contribution in [3.63, 3.8) is 0 Å². The number of hydrogen-bond donors (Lipinski definition) is 1. The number of carbonyl (C=O) groups is 1. The number of nitrogens with zero attached hydrogens (tertiary/aromatic N) is 1. The second kappa shape index (κ2) is 8.76. The molecule has 3 rings (SSSR count). The Balaban J connectivity index is 2.10. The lowest BCUT2D eigenvalue weighted by atomic mass is 9.91. The lowest BCUT2D eigenvalue weighted by Crippen LogP contribution is -2.41. The monoisotopic (exact) mass is 433 g/mol. The molecule has 2 atom stereocenters. The zero-order valence-electron chi connectivity index (χ0n) is 15.5. The second-order valence-electron chi connectivity index (χ2n) is 6.71. The molecule has 5 nitrogen and oxygen atoms in total. The van der Waals surface area contributed by atoms with Crippen molar-refractivity contribution in [3.8, 4) is 11.5 Å². The molecule has 0 aliphatic carbocycles. The molecule has 1 heterocycles. The molecule has 0 bridgehead atoms. The molecular formula is C21H24BrNO4. The predicted molar refractivity (Wildman–Crippen MR) is 107 cm³/mol. The number of carboxylic acid groups (broad SMARTS) is 1. The number of para-hydroxylation sites is 1. The summed E-state index contributed by atoms with van der Waals surface area (Å²) in [7, 11) is 3.26. The van der Waals surface area contributed by atoms with Crippen LogP contribution in [0, 0.1) is 5.92 Å². The van der Waals surface area contributed by atoms with Gasteiger partial charge in [-0.3, -0.25) is 9.69 Å². The number of halogens is 1. The van der Waals surface area contributed by atoms with Crippen LogP contribution in [0.4, 0.5) is 0 Å². The van der Waals surface area contributed by atoms with Crippen molar-refractivity contribution in [1.82, 2.24) is 4.90 Å². The normalized spacial score (nSPS) is 18.7. The lowest BCUT2D eigenvalue weighted by Gasteiger charge is -2.38. The fourth-order valence-electron chi connectivity index (χ4n) is 3.83. The van der Waals surface area contributed by atoms with Crippen LogP contribution in [-0.4, -0.2) is 43.3 Å². The van der Waals surface area contributed by atoms with Crippen molar-refractivity contribution in [2.24, 2.45) is 5.92 Å². The molecule has 1 aliphatic heterocycles. The maximum Gasteiger partial charge on any atom is 0.307 e. The Kier molecular flexibility index (Phi) is 6.39. The zero-order valence-corrected chi connectivity index (χ0v) is 17.1. The van der Waals surface area contributed by atoms with E-state index in [1.165, 1.54) is 0 Å². The highest BCUT2D eigenvalue weighted by atomic mass is 79.9. The molecule has 0 spiro atoms. The summed E-state index contributed by atoms with van der Waals surface area (Å²) < 4.78 is 12.2. The molecule has 0 aromatic heterocycles. The molecule has 0 radical (unpaired) electrons. The Morgan fingerprint density at radius 1 is 1.22 bits per heavy atom.